The van der Waals surface area contributed by atoms with Gasteiger partial charge in [-0.1, -0.05) is 6.92 Å². The number of fused-ring (bicyclic) bond motifs is 1. The van der Waals surface area contributed by atoms with E-state index in [-0.39, 0.29) is 17.4 Å². The number of aromatic amines is 1. The van der Waals surface area contributed by atoms with Crippen molar-refractivity contribution >= 4 is 16.8 Å². The van der Waals surface area contributed by atoms with Gasteiger partial charge in [-0.3, -0.25) is 4.79 Å². The lowest BCUT2D eigenvalue weighted by Crippen LogP contribution is -2.10. The molecule has 4 rings (SSSR count). The van der Waals surface area contributed by atoms with Crippen LogP contribution in [0.15, 0.2) is 51.8 Å². The molecule has 1 aromatic carbocycles. The summed E-state index contributed by atoms with van der Waals surface area (Å²) in [6, 6.07) is 9.51. The van der Waals surface area contributed by atoms with Crippen LogP contribution in [0.3, 0.4) is 0 Å². The molecule has 3 aromatic heterocycles. The van der Waals surface area contributed by atoms with Crippen molar-refractivity contribution < 1.29 is 8.81 Å². The number of rotatable bonds is 5. The number of hydrogen-bond acceptors (Lipinski definition) is 5. The third-order valence-corrected chi connectivity index (χ3v) is 4.89. The first-order valence-corrected chi connectivity index (χ1v) is 9.46. The fourth-order valence-corrected chi connectivity index (χ4v) is 3.36. The van der Waals surface area contributed by atoms with E-state index in [2.05, 4.69) is 20.3 Å². The number of halogens is 1. The fraction of sp³-hybridized carbons (Fsp3) is 0.227. The third kappa shape index (κ3) is 3.76. The van der Waals surface area contributed by atoms with Crippen molar-refractivity contribution in [2.24, 2.45) is 0 Å². The molecule has 1 atom stereocenters. The minimum Gasteiger partial charge on any atom is -0.459 e. The van der Waals surface area contributed by atoms with Gasteiger partial charge in [-0.25, -0.2) is 14.4 Å². The number of aryl methyl sites for hydroxylation is 2. The molecular formula is C22H21FN4O2. The number of nitrogens with zero attached hydrogens (tertiary/aromatic N) is 2. The van der Waals surface area contributed by atoms with E-state index in [9.17, 15) is 9.18 Å². The van der Waals surface area contributed by atoms with Crippen molar-refractivity contribution in [2.75, 3.05) is 5.32 Å². The summed E-state index contributed by atoms with van der Waals surface area (Å²) in [4.78, 5) is 23.4. The topological polar surface area (TPSA) is 83.8 Å². The van der Waals surface area contributed by atoms with Gasteiger partial charge in [0.15, 0.2) is 0 Å². The molecule has 0 radical (unpaired) electrons. The Balaban J connectivity index is 1.57. The molecule has 29 heavy (non-hydrogen) atoms. The van der Waals surface area contributed by atoms with Crippen LogP contribution in [0.5, 0.6) is 0 Å². The first-order valence-electron chi connectivity index (χ1n) is 9.46. The standard InChI is InChI=1S/C22H21FN4O2/c1-4-16-10-20(28)27-22(26-16)14-5-8-19(24-11-14)25-13(3)21-12(2)17-9-15(23)6-7-18(17)29-21/h5-11,13H,4H2,1-3H3,(H,24,25)(H,26,27,28). The van der Waals surface area contributed by atoms with E-state index in [0.717, 1.165) is 28.0 Å². The molecule has 0 aliphatic carbocycles. The number of anilines is 1. The predicted molar refractivity (Wildman–Crippen MR) is 110 cm³/mol. The lowest BCUT2D eigenvalue weighted by atomic mass is 10.1. The van der Waals surface area contributed by atoms with Crippen LogP contribution < -0.4 is 10.9 Å². The number of hydrogen-bond donors (Lipinski definition) is 2. The van der Waals surface area contributed by atoms with E-state index in [1.165, 1.54) is 18.2 Å². The van der Waals surface area contributed by atoms with Gasteiger partial charge in [-0.05, 0) is 50.6 Å². The average molecular weight is 392 g/mol. The Morgan fingerprint density at radius 3 is 2.79 bits per heavy atom. The zero-order valence-corrected chi connectivity index (χ0v) is 16.4. The zero-order valence-electron chi connectivity index (χ0n) is 16.4. The number of nitrogens with one attached hydrogen (secondary N) is 2. The van der Waals surface area contributed by atoms with Crippen LogP contribution >= 0.6 is 0 Å². The van der Waals surface area contributed by atoms with Crippen molar-refractivity contribution in [3.63, 3.8) is 0 Å². The quantitative estimate of drug-likeness (QED) is 0.512. The minimum absolute atomic E-state index is 0.162. The monoisotopic (exact) mass is 392 g/mol. The van der Waals surface area contributed by atoms with Crippen LogP contribution in [-0.4, -0.2) is 15.0 Å². The SMILES string of the molecule is CCc1cc(=O)[nH]c(-c2ccc(NC(C)c3oc4ccc(F)cc4c3C)nc2)n1. The second kappa shape index (κ2) is 7.50. The molecule has 148 valence electrons. The van der Waals surface area contributed by atoms with E-state index >= 15 is 0 Å². The van der Waals surface area contributed by atoms with Crippen LogP contribution in [0.25, 0.3) is 22.4 Å². The number of benzene rings is 1. The summed E-state index contributed by atoms with van der Waals surface area (Å²) in [5.41, 5.74) is 2.83. The van der Waals surface area contributed by atoms with Gasteiger partial charge in [-0.2, -0.15) is 0 Å². The molecule has 1 unspecified atom stereocenters. The van der Waals surface area contributed by atoms with Crippen LogP contribution in [0.4, 0.5) is 10.2 Å². The molecule has 0 amide bonds. The summed E-state index contributed by atoms with van der Waals surface area (Å²) < 4.78 is 19.4. The van der Waals surface area contributed by atoms with Crippen LogP contribution in [0, 0.1) is 12.7 Å². The first kappa shape index (κ1) is 18.9. The maximum atomic E-state index is 13.5. The highest BCUT2D eigenvalue weighted by molar-refractivity contribution is 5.82. The Kier molecular flexibility index (Phi) is 4.88. The Morgan fingerprint density at radius 1 is 1.24 bits per heavy atom. The molecule has 0 aliphatic rings. The average Bonchev–Trinajstić information content (AvgIpc) is 3.04. The van der Waals surface area contributed by atoms with Crippen molar-refractivity contribution in [1.82, 2.24) is 15.0 Å². The summed E-state index contributed by atoms with van der Waals surface area (Å²) in [7, 11) is 0. The molecule has 0 aliphatic heterocycles. The van der Waals surface area contributed by atoms with Gasteiger partial charge in [0.05, 0.1) is 6.04 Å². The van der Waals surface area contributed by atoms with E-state index < -0.39 is 0 Å². The van der Waals surface area contributed by atoms with Crippen LogP contribution in [0.1, 0.15) is 36.9 Å². The highest BCUT2D eigenvalue weighted by Gasteiger charge is 2.17. The number of furan rings is 1. The maximum Gasteiger partial charge on any atom is 0.251 e. The Morgan fingerprint density at radius 2 is 2.07 bits per heavy atom. The molecule has 0 saturated heterocycles. The van der Waals surface area contributed by atoms with Crippen molar-refractivity contribution in [3.8, 4) is 11.4 Å². The van der Waals surface area contributed by atoms with Gasteiger partial charge in [-0.15, -0.1) is 0 Å². The molecule has 0 saturated carbocycles. The highest BCUT2D eigenvalue weighted by Crippen LogP contribution is 2.31. The molecule has 2 N–H and O–H groups in total. The van der Waals surface area contributed by atoms with E-state index in [0.29, 0.717) is 23.6 Å². The maximum absolute atomic E-state index is 13.5. The Labute approximate surface area is 166 Å². The van der Waals surface area contributed by atoms with E-state index in [1.54, 1.807) is 12.3 Å². The summed E-state index contributed by atoms with van der Waals surface area (Å²) >= 11 is 0. The molecule has 3 heterocycles. The van der Waals surface area contributed by atoms with Gasteiger partial charge in [0.1, 0.15) is 28.8 Å². The van der Waals surface area contributed by atoms with E-state index in [1.807, 2.05) is 32.9 Å². The first-order chi connectivity index (χ1) is 13.9. The molecular weight excluding hydrogens is 371 g/mol. The number of H-pyrrole nitrogens is 1. The Hall–Kier alpha value is -3.48. The molecule has 6 nitrogen and oxygen atoms in total. The largest absolute Gasteiger partial charge is 0.459 e. The summed E-state index contributed by atoms with van der Waals surface area (Å²) in [6.07, 6.45) is 2.34. The van der Waals surface area contributed by atoms with Gasteiger partial charge in [0, 0.05) is 34.5 Å². The van der Waals surface area contributed by atoms with Gasteiger partial charge in [0.25, 0.3) is 5.56 Å². The highest BCUT2D eigenvalue weighted by atomic mass is 19.1. The fourth-order valence-electron chi connectivity index (χ4n) is 3.36. The van der Waals surface area contributed by atoms with E-state index in [4.69, 9.17) is 4.42 Å². The van der Waals surface area contributed by atoms with Gasteiger partial charge >= 0.3 is 0 Å². The molecule has 0 fully saturated rings. The normalized spacial score (nSPS) is 12.3. The van der Waals surface area contributed by atoms with Crippen molar-refractivity contribution in [3.05, 3.63) is 75.8 Å². The number of aromatic nitrogens is 3. The second-order valence-electron chi connectivity index (χ2n) is 6.97. The summed E-state index contributed by atoms with van der Waals surface area (Å²) in [6.45, 7) is 5.82. The molecule has 4 aromatic rings. The van der Waals surface area contributed by atoms with Gasteiger partial charge in [0.2, 0.25) is 0 Å². The summed E-state index contributed by atoms with van der Waals surface area (Å²) in [5, 5.41) is 4.06. The van der Waals surface area contributed by atoms with Crippen molar-refractivity contribution in [1.29, 1.82) is 0 Å². The zero-order chi connectivity index (χ0) is 20.5. The second-order valence-corrected chi connectivity index (χ2v) is 6.97. The molecule has 0 spiro atoms. The predicted octanol–water partition coefficient (Wildman–Crippen LogP) is 4.76. The van der Waals surface area contributed by atoms with Crippen LogP contribution in [-0.2, 0) is 6.42 Å². The number of pyridine rings is 1. The lowest BCUT2D eigenvalue weighted by molar-refractivity contribution is 0.521. The Bertz CT molecular complexity index is 1230. The lowest BCUT2D eigenvalue weighted by Gasteiger charge is -2.13. The smallest absolute Gasteiger partial charge is 0.251 e. The third-order valence-electron chi connectivity index (χ3n) is 4.89. The van der Waals surface area contributed by atoms with Crippen LogP contribution in [0.2, 0.25) is 0 Å². The summed E-state index contributed by atoms with van der Waals surface area (Å²) in [5.74, 6) is 1.60. The molecule has 7 heteroatoms. The van der Waals surface area contributed by atoms with Gasteiger partial charge < -0.3 is 14.7 Å². The molecule has 0 bridgehead atoms. The minimum atomic E-state index is -0.287. The van der Waals surface area contributed by atoms with Crippen molar-refractivity contribution in [2.45, 2.75) is 33.2 Å².